The fourth-order valence-corrected chi connectivity index (χ4v) is 3.94. The standard InChI is InChI=1S/C14H20ClNO3S/c1-14(7-10-19-11-8-14)16-20(17,18)13-4-2-12(3-5-13)6-9-15/h2-5,16H,6-11H2,1H3. The summed E-state index contributed by atoms with van der Waals surface area (Å²) in [7, 11) is -3.49. The summed E-state index contributed by atoms with van der Waals surface area (Å²) in [5.74, 6) is 0.530. The molecule has 1 aromatic rings. The Morgan fingerprint density at radius 1 is 1.25 bits per heavy atom. The predicted molar refractivity (Wildman–Crippen MR) is 79.6 cm³/mol. The average molecular weight is 318 g/mol. The van der Waals surface area contributed by atoms with Crippen LogP contribution in [0.3, 0.4) is 0 Å². The average Bonchev–Trinajstić information content (AvgIpc) is 2.39. The Labute approximate surface area is 125 Å². The van der Waals surface area contributed by atoms with E-state index in [0.29, 0.717) is 36.8 Å². The summed E-state index contributed by atoms with van der Waals surface area (Å²) in [5, 5.41) is 0. The zero-order valence-corrected chi connectivity index (χ0v) is 13.1. The van der Waals surface area contributed by atoms with E-state index >= 15 is 0 Å². The molecule has 0 aliphatic carbocycles. The van der Waals surface area contributed by atoms with Gasteiger partial charge in [-0.3, -0.25) is 0 Å². The lowest BCUT2D eigenvalue weighted by atomic mass is 9.94. The van der Waals surface area contributed by atoms with E-state index < -0.39 is 15.6 Å². The number of ether oxygens (including phenoxy) is 1. The number of sulfonamides is 1. The molecule has 1 aromatic carbocycles. The highest BCUT2D eigenvalue weighted by atomic mass is 35.5. The third-order valence-electron chi connectivity index (χ3n) is 3.59. The smallest absolute Gasteiger partial charge is 0.241 e. The molecule has 1 heterocycles. The number of aryl methyl sites for hydroxylation is 1. The van der Waals surface area contributed by atoms with E-state index in [9.17, 15) is 8.42 Å². The van der Waals surface area contributed by atoms with Crippen LogP contribution in [-0.4, -0.2) is 33.1 Å². The van der Waals surface area contributed by atoms with Gasteiger partial charge >= 0.3 is 0 Å². The Balaban J connectivity index is 2.13. The molecule has 0 amide bonds. The lowest BCUT2D eigenvalue weighted by Gasteiger charge is -2.34. The Morgan fingerprint density at radius 3 is 2.40 bits per heavy atom. The summed E-state index contributed by atoms with van der Waals surface area (Å²) in [4.78, 5) is 0.295. The number of nitrogens with one attached hydrogen (secondary N) is 1. The lowest BCUT2D eigenvalue weighted by Crippen LogP contribution is -2.49. The Morgan fingerprint density at radius 2 is 1.85 bits per heavy atom. The zero-order valence-electron chi connectivity index (χ0n) is 11.6. The molecule has 1 fully saturated rings. The second kappa shape index (κ2) is 6.43. The molecule has 4 nitrogen and oxygen atoms in total. The van der Waals surface area contributed by atoms with E-state index in [1.54, 1.807) is 12.1 Å². The predicted octanol–water partition coefficient (Wildman–Crippen LogP) is 2.32. The summed E-state index contributed by atoms with van der Waals surface area (Å²) >= 11 is 5.67. The fraction of sp³-hybridized carbons (Fsp3) is 0.571. The van der Waals surface area contributed by atoms with Crippen LogP contribution in [0.1, 0.15) is 25.3 Å². The summed E-state index contributed by atoms with van der Waals surface area (Å²) in [5.41, 5.74) is 0.613. The number of rotatable bonds is 5. The molecule has 0 unspecified atom stereocenters. The Hall–Kier alpha value is -0.620. The number of halogens is 1. The Kier molecular flexibility index (Phi) is 5.07. The number of alkyl halides is 1. The molecule has 0 atom stereocenters. The van der Waals surface area contributed by atoms with Gasteiger partial charge in [-0.2, -0.15) is 0 Å². The molecule has 0 spiro atoms. The maximum absolute atomic E-state index is 12.4. The molecule has 20 heavy (non-hydrogen) atoms. The first kappa shape index (κ1) is 15.8. The Bertz CT molecular complexity index is 536. The fourth-order valence-electron chi connectivity index (χ4n) is 2.25. The van der Waals surface area contributed by atoms with E-state index in [1.807, 2.05) is 19.1 Å². The third kappa shape index (κ3) is 3.95. The second-order valence-corrected chi connectivity index (χ2v) is 7.42. The molecular weight excluding hydrogens is 298 g/mol. The van der Waals surface area contributed by atoms with Crippen molar-refractivity contribution < 1.29 is 13.2 Å². The van der Waals surface area contributed by atoms with Crippen LogP contribution < -0.4 is 4.72 Å². The molecule has 1 saturated heterocycles. The van der Waals surface area contributed by atoms with Gasteiger partial charge in [0.2, 0.25) is 10.0 Å². The van der Waals surface area contributed by atoms with Crippen molar-refractivity contribution >= 4 is 21.6 Å². The quantitative estimate of drug-likeness (QED) is 0.848. The van der Waals surface area contributed by atoms with Crippen LogP contribution in [0.15, 0.2) is 29.2 Å². The van der Waals surface area contributed by atoms with Crippen molar-refractivity contribution in [3.63, 3.8) is 0 Å². The minimum Gasteiger partial charge on any atom is -0.381 e. The van der Waals surface area contributed by atoms with Gasteiger partial charge in [-0.15, -0.1) is 11.6 Å². The van der Waals surface area contributed by atoms with E-state index in [1.165, 1.54) is 0 Å². The normalized spacial score (nSPS) is 18.9. The van der Waals surface area contributed by atoms with Gasteiger partial charge in [-0.1, -0.05) is 12.1 Å². The summed E-state index contributed by atoms with van der Waals surface area (Å²) < 4.78 is 32.9. The molecule has 0 aromatic heterocycles. The van der Waals surface area contributed by atoms with Crippen LogP contribution >= 0.6 is 11.6 Å². The van der Waals surface area contributed by atoms with Crippen molar-refractivity contribution in [3.05, 3.63) is 29.8 Å². The van der Waals surface area contributed by atoms with Crippen LogP contribution in [0, 0.1) is 0 Å². The highest BCUT2D eigenvalue weighted by Crippen LogP contribution is 2.23. The van der Waals surface area contributed by atoms with Crippen molar-refractivity contribution in [2.45, 2.75) is 36.6 Å². The van der Waals surface area contributed by atoms with Crippen molar-refractivity contribution in [2.75, 3.05) is 19.1 Å². The second-order valence-electron chi connectivity index (χ2n) is 5.36. The molecule has 112 valence electrons. The SMILES string of the molecule is CC1(NS(=O)(=O)c2ccc(CCCl)cc2)CCOCC1. The van der Waals surface area contributed by atoms with Crippen molar-refractivity contribution in [1.82, 2.24) is 4.72 Å². The first-order valence-electron chi connectivity index (χ1n) is 6.72. The van der Waals surface area contributed by atoms with Gasteiger partial charge in [0.15, 0.2) is 0 Å². The van der Waals surface area contributed by atoms with Gasteiger partial charge in [0.25, 0.3) is 0 Å². The molecule has 0 bridgehead atoms. The molecule has 2 rings (SSSR count). The van der Waals surface area contributed by atoms with Crippen LogP contribution in [-0.2, 0) is 21.2 Å². The molecular formula is C14H20ClNO3S. The highest BCUT2D eigenvalue weighted by molar-refractivity contribution is 7.89. The minimum atomic E-state index is -3.49. The van der Waals surface area contributed by atoms with Gasteiger partial charge < -0.3 is 4.74 Å². The highest BCUT2D eigenvalue weighted by Gasteiger charge is 2.32. The third-order valence-corrected chi connectivity index (χ3v) is 5.44. The topological polar surface area (TPSA) is 55.4 Å². The maximum Gasteiger partial charge on any atom is 0.241 e. The number of hydrogen-bond donors (Lipinski definition) is 1. The summed E-state index contributed by atoms with van der Waals surface area (Å²) in [6.45, 7) is 3.11. The van der Waals surface area contributed by atoms with Gasteiger partial charge in [0.1, 0.15) is 0 Å². The van der Waals surface area contributed by atoms with Gasteiger partial charge in [0, 0.05) is 24.6 Å². The first-order chi connectivity index (χ1) is 9.45. The van der Waals surface area contributed by atoms with Gasteiger partial charge in [-0.05, 0) is 43.9 Å². The number of hydrogen-bond acceptors (Lipinski definition) is 3. The summed E-state index contributed by atoms with van der Waals surface area (Å²) in [6, 6.07) is 6.88. The monoisotopic (exact) mass is 317 g/mol. The van der Waals surface area contributed by atoms with Gasteiger partial charge in [-0.25, -0.2) is 13.1 Å². The van der Waals surface area contributed by atoms with E-state index in [-0.39, 0.29) is 0 Å². The number of benzene rings is 1. The molecule has 0 saturated carbocycles. The molecule has 0 radical (unpaired) electrons. The van der Waals surface area contributed by atoms with Crippen LogP contribution in [0.25, 0.3) is 0 Å². The lowest BCUT2D eigenvalue weighted by molar-refractivity contribution is 0.0537. The van der Waals surface area contributed by atoms with Crippen molar-refractivity contribution in [3.8, 4) is 0 Å². The van der Waals surface area contributed by atoms with Crippen LogP contribution in [0.5, 0.6) is 0 Å². The molecule has 1 aliphatic rings. The maximum atomic E-state index is 12.4. The van der Waals surface area contributed by atoms with E-state index in [2.05, 4.69) is 4.72 Å². The van der Waals surface area contributed by atoms with Crippen LogP contribution in [0.4, 0.5) is 0 Å². The molecule has 6 heteroatoms. The van der Waals surface area contributed by atoms with E-state index in [4.69, 9.17) is 16.3 Å². The van der Waals surface area contributed by atoms with Gasteiger partial charge in [0.05, 0.1) is 4.90 Å². The van der Waals surface area contributed by atoms with Crippen molar-refractivity contribution in [2.24, 2.45) is 0 Å². The van der Waals surface area contributed by atoms with E-state index in [0.717, 1.165) is 12.0 Å². The summed E-state index contributed by atoms with van der Waals surface area (Å²) in [6.07, 6.45) is 2.12. The molecule has 1 aliphatic heterocycles. The minimum absolute atomic E-state index is 0.295. The largest absolute Gasteiger partial charge is 0.381 e. The zero-order chi connectivity index (χ0) is 14.6. The first-order valence-corrected chi connectivity index (χ1v) is 8.74. The van der Waals surface area contributed by atoms with Crippen LogP contribution in [0.2, 0.25) is 0 Å². The molecule has 1 N–H and O–H groups in total. The van der Waals surface area contributed by atoms with Crippen molar-refractivity contribution in [1.29, 1.82) is 0 Å².